The van der Waals surface area contributed by atoms with Crippen LogP contribution in [0.2, 0.25) is 0 Å². The number of aryl methyl sites for hydroxylation is 2. The summed E-state index contributed by atoms with van der Waals surface area (Å²) >= 11 is 0. The zero-order valence-electron chi connectivity index (χ0n) is 17.2. The highest BCUT2D eigenvalue weighted by Crippen LogP contribution is 2.25. The lowest BCUT2D eigenvalue weighted by atomic mass is 9.90. The van der Waals surface area contributed by atoms with Gasteiger partial charge in [0.15, 0.2) is 0 Å². The largest absolute Gasteiger partial charge is 0.497 e. The summed E-state index contributed by atoms with van der Waals surface area (Å²) in [4.78, 5) is 15.3. The third-order valence-corrected chi connectivity index (χ3v) is 6.05. The molecule has 1 atom stereocenters. The minimum Gasteiger partial charge on any atom is -0.497 e. The summed E-state index contributed by atoms with van der Waals surface area (Å²) in [5.41, 5.74) is 4.68. The number of morpholine rings is 1. The lowest BCUT2D eigenvalue weighted by Gasteiger charge is -2.35. The summed E-state index contributed by atoms with van der Waals surface area (Å²) in [6, 6.07) is 14.4. The number of rotatable bonds is 6. The van der Waals surface area contributed by atoms with Gasteiger partial charge in [0, 0.05) is 25.2 Å². The second-order valence-corrected chi connectivity index (χ2v) is 7.84. The van der Waals surface area contributed by atoms with Crippen molar-refractivity contribution in [2.45, 2.75) is 31.7 Å². The van der Waals surface area contributed by atoms with Crippen LogP contribution in [0.5, 0.6) is 5.75 Å². The van der Waals surface area contributed by atoms with Crippen molar-refractivity contribution in [3.05, 3.63) is 64.7 Å². The molecule has 1 amide bonds. The number of carbonyl (C=O) groups excluding carboxylic acids is 1. The molecule has 2 aromatic carbocycles. The zero-order valence-corrected chi connectivity index (χ0v) is 17.2. The van der Waals surface area contributed by atoms with E-state index < -0.39 is 0 Å². The predicted molar refractivity (Wildman–Crippen MR) is 114 cm³/mol. The molecule has 1 N–H and O–H groups in total. The van der Waals surface area contributed by atoms with E-state index in [4.69, 9.17) is 9.47 Å². The van der Waals surface area contributed by atoms with Crippen molar-refractivity contribution in [3.63, 3.8) is 0 Å². The van der Waals surface area contributed by atoms with Crippen molar-refractivity contribution in [1.82, 2.24) is 10.2 Å². The number of nitrogens with one attached hydrogen (secondary N) is 1. The van der Waals surface area contributed by atoms with Gasteiger partial charge in [0.2, 0.25) is 0 Å². The maximum atomic E-state index is 12.9. The molecule has 0 bridgehead atoms. The number of fused-ring (bicyclic) bond motifs is 1. The summed E-state index contributed by atoms with van der Waals surface area (Å²) in [6.45, 7) is 3.76. The molecule has 5 heteroatoms. The fourth-order valence-electron chi connectivity index (χ4n) is 4.34. The Morgan fingerprint density at radius 1 is 1.07 bits per heavy atom. The van der Waals surface area contributed by atoms with E-state index in [2.05, 4.69) is 34.5 Å². The van der Waals surface area contributed by atoms with Crippen LogP contribution in [-0.2, 0) is 17.6 Å². The van der Waals surface area contributed by atoms with E-state index in [1.807, 2.05) is 18.2 Å². The molecule has 0 aromatic heterocycles. The Kier molecular flexibility index (Phi) is 6.47. The Bertz CT molecular complexity index is 829. The van der Waals surface area contributed by atoms with Gasteiger partial charge in [0.1, 0.15) is 5.75 Å². The van der Waals surface area contributed by atoms with Gasteiger partial charge in [-0.3, -0.25) is 9.69 Å². The van der Waals surface area contributed by atoms with Gasteiger partial charge in [-0.05, 0) is 66.6 Å². The number of nitrogens with zero attached hydrogens (tertiary/aromatic N) is 1. The minimum absolute atomic E-state index is 0.00476. The number of amides is 1. The van der Waals surface area contributed by atoms with E-state index in [1.165, 1.54) is 29.5 Å². The average molecular weight is 395 g/mol. The number of hydrogen-bond donors (Lipinski definition) is 1. The molecule has 1 heterocycles. The molecule has 1 aliphatic heterocycles. The van der Waals surface area contributed by atoms with Crippen molar-refractivity contribution >= 4 is 5.91 Å². The van der Waals surface area contributed by atoms with Crippen LogP contribution in [0, 0.1) is 0 Å². The van der Waals surface area contributed by atoms with Crippen LogP contribution in [-0.4, -0.2) is 50.8 Å². The summed E-state index contributed by atoms with van der Waals surface area (Å²) in [6.07, 6.45) is 4.68. The molecular formula is C24H30N2O3. The summed E-state index contributed by atoms with van der Waals surface area (Å²) in [5, 5.41) is 3.18. The number of methoxy groups -OCH3 is 1. The first-order valence-corrected chi connectivity index (χ1v) is 10.6. The second-order valence-electron chi connectivity index (χ2n) is 7.84. The van der Waals surface area contributed by atoms with E-state index >= 15 is 0 Å². The summed E-state index contributed by atoms with van der Waals surface area (Å²) < 4.78 is 10.8. The molecule has 4 rings (SSSR count). The fourth-order valence-corrected chi connectivity index (χ4v) is 4.34. The maximum Gasteiger partial charge on any atom is 0.251 e. The SMILES string of the molecule is COc1ccc(C(CNC(=O)c2ccc3c(c2)CCCC3)N2CCOCC2)cc1. The van der Waals surface area contributed by atoms with Gasteiger partial charge in [-0.15, -0.1) is 0 Å². The highest BCUT2D eigenvalue weighted by molar-refractivity contribution is 5.94. The van der Waals surface area contributed by atoms with E-state index in [-0.39, 0.29) is 11.9 Å². The molecule has 2 aromatic rings. The third-order valence-electron chi connectivity index (χ3n) is 6.05. The molecule has 1 saturated heterocycles. The molecule has 1 aliphatic carbocycles. The topological polar surface area (TPSA) is 50.8 Å². The van der Waals surface area contributed by atoms with Gasteiger partial charge >= 0.3 is 0 Å². The van der Waals surface area contributed by atoms with E-state index in [0.29, 0.717) is 6.54 Å². The van der Waals surface area contributed by atoms with E-state index in [1.54, 1.807) is 7.11 Å². The molecule has 0 saturated carbocycles. The first kappa shape index (κ1) is 19.9. The monoisotopic (exact) mass is 394 g/mol. The molecule has 0 spiro atoms. The van der Waals surface area contributed by atoms with Crippen LogP contribution >= 0.6 is 0 Å². The predicted octanol–water partition coefficient (Wildman–Crippen LogP) is 3.38. The molecule has 29 heavy (non-hydrogen) atoms. The van der Waals surface area contributed by atoms with E-state index in [9.17, 15) is 4.79 Å². The molecule has 154 valence electrons. The number of carbonyl (C=O) groups is 1. The first-order chi connectivity index (χ1) is 14.2. The third kappa shape index (κ3) is 4.80. The van der Waals surface area contributed by atoms with Gasteiger partial charge < -0.3 is 14.8 Å². The van der Waals surface area contributed by atoms with Crippen molar-refractivity contribution in [2.24, 2.45) is 0 Å². The zero-order chi connectivity index (χ0) is 20.1. The Balaban J connectivity index is 1.47. The smallest absolute Gasteiger partial charge is 0.251 e. The molecule has 2 aliphatic rings. The number of ether oxygens (including phenoxy) is 2. The molecule has 1 fully saturated rings. The quantitative estimate of drug-likeness (QED) is 0.816. The maximum absolute atomic E-state index is 12.9. The lowest BCUT2D eigenvalue weighted by molar-refractivity contribution is 0.0162. The lowest BCUT2D eigenvalue weighted by Crippen LogP contribution is -2.43. The van der Waals surface area contributed by atoms with Crippen LogP contribution in [0.1, 0.15) is 45.9 Å². The van der Waals surface area contributed by atoms with E-state index in [0.717, 1.165) is 50.5 Å². The summed E-state index contributed by atoms with van der Waals surface area (Å²) in [5.74, 6) is 0.845. The van der Waals surface area contributed by atoms with Crippen molar-refractivity contribution in [1.29, 1.82) is 0 Å². The van der Waals surface area contributed by atoms with Crippen LogP contribution in [0.4, 0.5) is 0 Å². The molecule has 5 nitrogen and oxygen atoms in total. The van der Waals surface area contributed by atoms with Crippen LogP contribution in [0.25, 0.3) is 0 Å². The van der Waals surface area contributed by atoms with Crippen molar-refractivity contribution in [2.75, 3.05) is 40.0 Å². The van der Waals surface area contributed by atoms with Crippen LogP contribution < -0.4 is 10.1 Å². The van der Waals surface area contributed by atoms with Crippen LogP contribution in [0.15, 0.2) is 42.5 Å². The molecular weight excluding hydrogens is 364 g/mol. The average Bonchev–Trinajstić information content (AvgIpc) is 2.80. The van der Waals surface area contributed by atoms with Gasteiger partial charge in [0.05, 0.1) is 26.4 Å². The van der Waals surface area contributed by atoms with Gasteiger partial charge in [0.25, 0.3) is 5.91 Å². The fraction of sp³-hybridized carbons (Fsp3) is 0.458. The molecule has 1 unspecified atom stereocenters. The first-order valence-electron chi connectivity index (χ1n) is 10.6. The Hall–Kier alpha value is -2.37. The van der Waals surface area contributed by atoms with Crippen LogP contribution in [0.3, 0.4) is 0 Å². The van der Waals surface area contributed by atoms with Gasteiger partial charge in [-0.2, -0.15) is 0 Å². The Morgan fingerprint density at radius 3 is 2.52 bits per heavy atom. The Morgan fingerprint density at radius 2 is 1.79 bits per heavy atom. The van der Waals surface area contributed by atoms with Crippen molar-refractivity contribution in [3.8, 4) is 5.75 Å². The van der Waals surface area contributed by atoms with Gasteiger partial charge in [-0.25, -0.2) is 0 Å². The van der Waals surface area contributed by atoms with Gasteiger partial charge in [-0.1, -0.05) is 18.2 Å². The standard InChI is InChI=1S/C24H30N2O3/c1-28-22-10-8-19(9-11-22)23(26-12-14-29-15-13-26)17-25-24(27)21-7-6-18-4-2-3-5-20(18)16-21/h6-11,16,23H,2-5,12-15,17H2,1H3,(H,25,27). The second kappa shape index (κ2) is 9.42. The molecule has 0 radical (unpaired) electrons. The van der Waals surface area contributed by atoms with Crippen molar-refractivity contribution < 1.29 is 14.3 Å². The highest BCUT2D eigenvalue weighted by Gasteiger charge is 2.24. The highest BCUT2D eigenvalue weighted by atomic mass is 16.5. The number of hydrogen-bond acceptors (Lipinski definition) is 4. The normalized spacial score (nSPS) is 18.0. The minimum atomic E-state index is 0.00476. The Labute approximate surface area is 173 Å². The number of benzene rings is 2. The summed E-state index contributed by atoms with van der Waals surface area (Å²) in [7, 11) is 1.67.